The standard InChI is InChI=1S/C7H11IO5/c8-1-4-6(11)5(10)3(2-9)7(12)13-4/h2-7,10-12H,1H2/t3-,4+,5-,6-,7?/m1/s1. The third-order valence-corrected chi connectivity index (χ3v) is 2.95. The van der Waals surface area contributed by atoms with Gasteiger partial charge in [-0.05, 0) is 0 Å². The summed E-state index contributed by atoms with van der Waals surface area (Å²) in [5, 5.41) is 28.0. The number of halogens is 1. The number of hydrogen-bond donors (Lipinski definition) is 3. The van der Waals surface area contributed by atoms with Crippen molar-refractivity contribution in [2.24, 2.45) is 5.92 Å². The van der Waals surface area contributed by atoms with Crippen LogP contribution in [0.2, 0.25) is 0 Å². The first-order valence-electron chi connectivity index (χ1n) is 3.82. The summed E-state index contributed by atoms with van der Waals surface area (Å²) >= 11 is 1.97. The zero-order valence-corrected chi connectivity index (χ0v) is 8.86. The van der Waals surface area contributed by atoms with Gasteiger partial charge in [0, 0.05) is 4.43 Å². The van der Waals surface area contributed by atoms with Crippen LogP contribution in [-0.4, -0.2) is 50.6 Å². The minimum atomic E-state index is -1.32. The summed E-state index contributed by atoms with van der Waals surface area (Å²) in [5.74, 6) is -1.06. The molecule has 1 saturated heterocycles. The van der Waals surface area contributed by atoms with Gasteiger partial charge in [0.25, 0.3) is 0 Å². The molecule has 0 saturated carbocycles. The number of carbonyl (C=O) groups excluding carboxylic acids is 1. The second-order valence-corrected chi connectivity index (χ2v) is 3.79. The van der Waals surface area contributed by atoms with E-state index in [4.69, 9.17) is 4.74 Å². The van der Waals surface area contributed by atoms with E-state index in [0.717, 1.165) is 0 Å². The van der Waals surface area contributed by atoms with Gasteiger partial charge in [-0.1, -0.05) is 22.6 Å². The highest BCUT2D eigenvalue weighted by Gasteiger charge is 2.43. The fourth-order valence-electron chi connectivity index (χ4n) is 1.24. The molecule has 0 aromatic carbocycles. The summed E-state index contributed by atoms with van der Waals surface area (Å²) in [6.07, 6.45) is -3.92. The van der Waals surface area contributed by atoms with E-state index >= 15 is 0 Å². The molecule has 1 heterocycles. The maximum atomic E-state index is 10.4. The molecule has 3 N–H and O–H groups in total. The van der Waals surface area contributed by atoms with Gasteiger partial charge in [-0.3, -0.25) is 0 Å². The smallest absolute Gasteiger partial charge is 0.167 e. The molecule has 0 radical (unpaired) electrons. The van der Waals surface area contributed by atoms with Crippen molar-refractivity contribution in [2.45, 2.75) is 24.6 Å². The highest BCUT2D eigenvalue weighted by molar-refractivity contribution is 14.1. The normalized spacial score (nSPS) is 46.0. The molecular formula is C7H11IO5. The van der Waals surface area contributed by atoms with Crippen LogP contribution in [0.3, 0.4) is 0 Å². The average Bonchev–Trinajstić information content (AvgIpc) is 2.12. The Kier molecular flexibility index (Phi) is 4.05. The molecule has 76 valence electrons. The molecule has 1 aliphatic rings. The minimum Gasteiger partial charge on any atom is -0.389 e. The second kappa shape index (κ2) is 4.65. The van der Waals surface area contributed by atoms with Gasteiger partial charge in [0.1, 0.15) is 12.4 Å². The lowest BCUT2D eigenvalue weighted by Gasteiger charge is -2.37. The van der Waals surface area contributed by atoms with Crippen molar-refractivity contribution in [1.82, 2.24) is 0 Å². The number of rotatable bonds is 2. The van der Waals surface area contributed by atoms with Crippen molar-refractivity contribution in [1.29, 1.82) is 0 Å². The molecule has 1 fully saturated rings. The Bertz CT molecular complexity index is 188. The fraction of sp³-hybridized carbons (Fsp3) is 0.857. The van der Waals surface area contributed by atoms with Crippen LogP contribution in [0.25, 0.3) is 0 Å². The third-order valence-electron chi connectivity index (χ3n) is 2.08. The topological polar surface area (TPSA) is 87.0 Å². The lowest BCUT2D eigenvalue weighted by atomic mass is 9.93. The summed E-state index contributed by atoms with van der Waals surface area (Å²) in [4.78, 5) is 10.4. The van der Waals surface area contributed by atoms with Crippen LogP contribution >= 0.6 is 22.6 Å². The first-order chi connectivity index (χ1) is 6.11. The van der Waals surface area contributed by atoms with Gasteiger partial charge in [-0.15, -0.1) is 0 Å². The van der Waals surface area contributed by atoms with Gasteiger partial charge in [-0.25, -0.2) is 0 Å². The predicted molar refractivity (Wildman–Crippen MR) is 51.3 cm³/mol. The van der Waals surface area contributed by atoms with Crippen LogP contribution in [0, 0.1) is 5.92 Å². The maximum absolute atomic E-state index is 10.4. The zero-order valence-electron chi connectivity index (χ0n) is 6.71. The van der Waals surface area contributed by atoms with Gasteiger partial charge in [0.05, 0.1) is 18.1 Å². The molecule has 0 bridgehead atoms. The van der Waals surface area contributed by atoms with Crippen LogP contribution in [0.5, 0.6) is 0 Å². The molecule has 0 aromatic heterocycles. The van der Waals surface area contributed by atoms with Crippen molar-refractivity contribution in [2.75, 3.05) is 4.43 Å². The maximum Gasteiger partial charge on any atom is 0.167 e. The molecule has 1 rings (SSSR count). The molecule has 0 aliphatic carbocycles. The number of aliphatic hydroxyl groups excluding tert-OH is 3. The monoisotopic (exact) mass is 302 g/mol. The van der Waals surface area contributed by atoms with Crippen molar-refractivity contribution in [3.8, 4) is 0 Å². The molecule has 0 amide bonds. The van der Waals surface area contributed by atoms with E-state index in [1.165, 1.54) is 0 Å². The summed E-state index contributed by atoms with van der Waals surface area (Å²) in [5.41, 5.74) is 0. The van der Waals surface area contributed by atoms with E-state index in [9.17, 15) is 20.1 Å². The van der Waals surface area contributed by atoms with E-state index in [2.05, 4.69) is 0 Å². The Morgan fingerprint density at radius 2 is 1.92 bits per heavy atom. The highest BCUT2D eigenvalue weighted by atomic mass is 127. The van der Waals surface area contributed by atoms with Gasteiger partial charge >= 0.3 is 0 Å². The van der Waals surface area contributed by atoms with Crippen LogP contribution in [0.4, 0.5) is 0 Å². The predicted octanol–water partition coefficient (Wildman–Crippen LogP) is -1.32. The first-order valence-corrected chi connectivity index (χ1v) is 5.35. The second-order valence-electron chi connectivity index (χ2n) is 2.91. The summed E-state index contributed by atoms with van der Waals surface area (Å²) in [6.45, 7) is 0. The van der Waals surface area contributed by atoms with Crippen molar-refractivity contribution in [3.05, 3.63) is 0 Å². The van der Waals surface area contributed by atoms with Crippen LogP contribution < -0.4 is 0 Å². The Hall–Kier alpha value is 0.240. The molecule has 0 aromatic rings. The Morgan fingerprint density at radius 1 is 1.31 bits per heavy atom. The zero-order chi connectivity index (χ0) is 10.0. The van der Waals surface area contributed by atoms with Crippen LogP contribution in [0.15, 0.2) is 0 Å². The number of carbonyl (C=O) groups is 1. The van der Waals surface area contributed by atoms with Crippen LogP contribution in [0.1, 0.15) is 0 Å². The van der Waals surface area contributed by atoms with Gasteiger partial charge in [0.15, 0.2) is 6.29 Å². The molecule has 5 atom stereocenters. The van der Waals surface area contributed by atoms with Crippen molar-refractivity contribution >= 4 is 28.9 Å². The first kappa shape index (κ1) is 11.3. The lowest BCUT2D eigenvalue weighted by molar-refractivity contribution is -0.248. The Balaban J connectivity index is 2.72. The average molecular weight is 302 g/mol. The SMILES string of the molecule is O=C[C@H]1C(O)O[C@@H](CI)[C@@H](O)[C@@H]1O. The molecule has 1 aliphatic heterocycles. The van der Waals surface area contributed by atoms with Gasteiger partial charge in [-0.2, -0.15) is 0 Å². The van der Waals surface area contributed by atoms with E-state index in [1.54, 1.807) is 0 Å². The number of aldehydes is 1. The van der Waals surface area contributed by atoms with Gasteiger partial charge < -0.3 is 24.9 Å². The Morgan fingerprint density at radius 3 is 2.38 bits per heavy atom. The van der Waals surface area contributed by atoms with Crippen molar-refractivity contribution in [3.63, 3.8) is 0 Å². The van der Waals surface area contributed by atoms with E-state index in [0.29, 0.717) is 10.7 Å². The van der Waals surface area contributed by atoms with E-state index < -0.39 is 30.5 Å². The molecular weight excluding hydrogens is 291 g/mol. The number of aliphatic hydroxyl groups is 3. The minimum absolute atomic E-state index is 0.391. The quantitative estimate of drug-likeness (QED) is 0.334. The summed E-state index contributed by atoms with van der Waals surface area (Å²) in [6, 6.07) is 0. The van der Waals surface area contributed by atoms with E-state index in [1.807, 2.05) is 22.6 Å². The molecule has 5 nitrogen and oxygen atoms in total. The molecule has 0 spiro atoms. The molecule has 13 heavy (non-hydrogen) atoms. The Labute approximate surface area is 88.8 Å². The largest absolute Gasteiger partial charge is 0.389 e. The molecule has 6 heteroatoms. The van der Waals surface area contributed by atoms with Gasteiger partial charge in [0.2, 0.25) is 0 Å². The highest BCUT2D eigenvalue weighted by Crippen LogP contribution is 2.24. The third kappa shape index (κ3) is 2.18. The number of hydrogen-bond acceptors (Lipinski definition) is 5. The van der Waals surface area contributed by atoms with Crippen LogP contribution in [-0.2, 0) is 9.53 Å². The van der Waals surface area contributed by atoms with Crippen molar-refractivity contribution < 1.29 is 24.9 Å². The number of alkyl halides is 1. The fourth-order valence-corrected chi connectivity index (χ4v) is 1.97. The lowest BCUT2D eigenvalue weighted by Crippen LogP contribution is -2.55. The summed E-state index contributed by atoms with van der Waals surface area (Å²) in [7, 11) is 0. The summed E-state index contributed by atoms with van der Waals surface area (Å²) < 4.78 is 5.37. The molecule has 1 unspecified atom stereocenters. The van der Waals surface area contributed by atoms with E-state index in [-0.39, 0.29) is 0 Å². The number of ether oxygens (including phenoxy) is 1.